The molecule has 0 radical (unpaired) electrons. The number of aromatic hydroxyl groups is 1. The number of hydrogen-bond acceptors (Lipinski definition) is 4. The smallest absolute Gasteiger partial charge is 0.393 e. The van der Waals surface area contributed by atoms with Crippen LogP contribution in [0.2, 0.25) is 0 Å². The molecular formula is C29H34F8N2O4. The van der Waals surface area contributed by atoms with E-state index in [0.717, 1.165) is 41.4 Å². The molecule has 0 aliphatic heterocycles. The van der Waals surface area contributed by atoms with Crippen LogP contribution in [0.25, 0.3) is 0 Å². The molecule has 240 valence electrons. The third kappa shape index (κ3) is 7.32. The van der Waals surface area contributed by atoms with Crippen LogP contribution >= 0.6 is 0 Å². The van der Waals surface area contributed by atoms with Gasteiger partial charge in [0.1, 0.15) is 11.5 Å². The fraction of sp³-hybridized carbons (Fsp3) is 0.517. The zero-order valence-electron chi connectivity index (χ0n) is 24.4. The summed E-state index contributed by atoms with van der Waals surface area (Å²) in [5, 5.41) is 13.5. The van der Waals surface area contributed by atoms with Gasteiger partial charge in [0.25, 0.3) is 5.91 Å². The van der Waals surface area contributed by atoms with Crippen LogP contribution in [0, 0.1) is 0 Å². The van der Waals surface area contributed by atoms with Crippen molar-refractivity contribution in [1.82, 2.24) is 0 Å². The van der Waals surface area contributed by atoms with E-state index >= 15 is 0 Å². The standard InChI is InChI=1S/C29H34F8N2O4/c1-7-25(3,4)16-9-12-21(18(13-16)26(5,6)8-2)43-15-22(41)38-17-10-11-19(20(40)14-17)39-24(42)28(34,35)29(36,37)27(32,33)23(30)31/h9-14,23,40H,7-8,15H2,1-6H3,(H,38,41)(H,39,42). The maximum atomic E-state index is 13.8. The monoisotopic (exact) mass is 626 g/mol. The van der Waals surface area contributed by atoms with Crippen LogP contribution in [-0.4, -0.2) is 47.7 Å². The zero-order chi connectivity index (χ0) is 33.2. The number of phenolic OH excluding ortho intramolecular Hbond substituents is 1. The second-order valence-corrected chi connectivity index (χ2v) is 11.3. The number of hydrogen-bond donors (Lipinski definition) is 3. The van der Waals surface area contributed by atoms with Crippen molar-refractivity contribution in [3.63, 3.8) is 0 Å². The Morgan fingerprint density at radius 3 is 1.95 bits per heavy atom. The number of benzene rings is 2. The molecule has 0 spiro atoms. The van der Waals surface area contributed by atoms with Crippen LogP contribution in [0.15, 0.2) is 36.4 Å². The Labute approximate surface area is 243 Å². The summed E-state index contributed by atoms with van der Waals surface area (Å²) < 4.78 is 111. The quantitative estimate of drug-likeness (QED) is 0.156. The van der Waals surface area contributed by atoms with Gasteiger partial charge in [-0.3, -0.25) is 9.59 Å². The molecule has 14 heteroatoms. The fourth-order valence-electron chi connectivity index (χ4n) is 3.75. The number of carbonyl (C=O) groups excluding carboxylic acids is 2. The second-order valence-electron chi connectivity index (χ2n) is 11.3. The Bertz CT molecular complexity index is 1330. The maximum absolute atomic E-state index is 13.8. The van der Waals surface area contributed by atoms with Gasteiger partial charge in [0, 0.05) is 17.3 Å². The van der Waals surface area contributed by atoms with Crippen molar-refractivity contribution >= 4 is 23.2 Å². The first-order valence-corrected chi connectivity index (χ1v) is 13.2. The summed E-state index contributed by atoms with van der Waals surface area (Å²) in [4.78, 5) is 24.2. The third-order valence-electron chi connectivity index (χ3n) is 7.52. The Kier molecular flexibility index (Phi) is 10.4. The number of amides is 2. The number of rotatable bonds is 13. The number of halogens is 8. The van der Waals surface area contributed by atoms with Crippen LogP contribution in [0.4, 0.5) is 46.5 Å². The molecule has 0 fully saturated rings. The molecule has 2 amide bonds. The van der Waals surface area contributed by atoms with Crippen molar-refractivity contribution < 1.29 is 54.6 Å². The Morgan fingerprint density at radius 2 is 1.44 bits per heavy atom. The van der Waals surface area contributed by atoms with Crippen molar-refractivity contribution in [3.8, 4) is 11.5 Å². The van der Waals surface area contributed by atoms with Crippen molar-refractivity contribution in [2.75, 3.05) is 17.2 Å². The SMILES string of the molecule is CCC(C)(C)c1ccc(OCC(=O)Nc2ccc(NC(=O)C(F)(F)C(F)(F)C(F)(F)C(F)F)c(O)c2)c(C(C)(C)CC)c1. The lowest BCUT2D eigenvalue weighted by Gasteiger charge is -2.31. The first-order valence-electron chi connectivity index (χ1n) is 13.2. The number of phenols is 1. The Morgan fingerprint density at radius 1 is 0.860 bits per heavy atom. The van der Waals surface area contributed by atoms with E-state index in [0.29, 0.717) is 11.8 Å². The molecule has 0 saturated heterocycles. The summed E-state index contributed by atoms with van der Waals surface area (Å²) >= 11 is 0. The van der Waals surface area contributed by atoms with Gasteiger partial charge in [-0.25, -0.2) is 8.78 Å². The van der Waals surface area contributed by atoms with Gasteiger partial charge in [0.15, 0.2) is 6.61 Å². The molecule has 0 bridgehead atoms. The van der Waals surface area contributed by atoms with E-state index in [1.165, 1.54) is 0 Å². The molecule has 0 heterocycles. The van der Waals surface area contributed by atoms with E-state index in [-0.39, 0.29) is 16.5 Å². The van der Waals surface area contributed by atoms with Crippen molar-refractivity contribution in [2.24, 2.45) is 0 Å². The highest BCUT2D eigenvalue weighted by Gasteiger charge is 2.78. The molecule has 0 aliphatic carbocycles. The number of nitrogens with one attached hydrogen (secondary N) is 2. The molecule has 2 aromatic carbocycles. The fourth-order valence-corrected chi connectivity index (χ4v) is 3.75. The minimum Gasteiger partial charge on any atom is -0.506 e. The van der Waals surface area contributed by atoms with E-state index in [9.17, 15) is 49.8 Å². The minimum absolute atomic E-state index is 0.101. The van der Waals surface area contributed by atoms with E-state index in [4.69, 9.17) is 4.74 Å². The number of carbonyl (C=O) groups is 2. The van der Waals surface area contributed by atoms with Gasteiger partial charge in [-0.2, -0.15) is 26.3 Å². The van der Waals surface area contributed by atoms with Crippen LogP contribution in [-0.2, 0) is 20.4 Å². The summed E-state index contributed by atoms with van der Waals surface area (Å²) in [5.41, 5.74) is 0.489. The molecular weight excluding hydrogens is 592 g/mol. The highest BCUT2D eigenvalue weighted by atomic mass is 19.4. The van der Waals surface area contributed by atoms with Gasteiger partial charge in [0.2, 0.25) is 0 Å². The van der Waals surface area contributed by atoms with Crippen molar-refractivity contribution in [3.05, 3.63) is 47.5 Å². The maximum Gasteiger partial charge on any atom is 0.393 e. The van der Waals surface area contributed by atoms with E-state index in [1.54, 1.807) is 6.07 Å². The molecule has 0 atom stereocenters. The Balaban J connectivity index is 2.17. The summed E-state index contributed by atoms with van der Waals surface area (Å²) in [5.74, 6) is -23.9. The average Bonchev–Trinajstić information content (AvgIpc) is 2.92. The summed E-state index contributed by atoms with van der Waals surface area (Å²) in [6, 6.07) is 8.12. The zero-order valence-corrected chi connectivity index (χ0v) is 24.4. The first-order chi connectivity index (χ1) is 19.5. The summed E-state index contributed by atoms with van der Waals surface area (Å²) in [7, 11) is 0. The van der Waals surface area contributed by atoms with Gasteiger partial charge in [0.05, 0.1) is 5.69 Å². The predicted molar refractivity (Wildman–Crippen MR) is 145 cm³/mol. The molecule has 2 rings (SSSR count). The molecule has 0 aliphatic rings. The van der Waals surface area contributed by atoms with E-state index in [1.807, 2.05) is 32.9 Å². The number of ether oxygens (including phenoxy) is 1. The van der Waals surface area contributed by atoms with Crippen molar-refractivity contribution in [1.29, 1.82) is 0 Å². The molecule has 2 aromatic rings. The second kappa shape index (κ2) is 12.6. The lowest BCUT2D eigenvalue weighted by molar-refractivity contribution is -0.326. The van der Waals surface area contributed by atoms with E-state index < -0.39 is 54.1 Å². The third-order valence-corrected chi connectivity index (χ3v) is 7.52. The normalized spacial score (nSPS) is 13.2. The molecule has 0 aromatic heterocycles. The largest absolute Gasteiger partial charge is 0.506 e. The van der Waals surface area contributed by atoms with Gasteiger partial charge in [-0.1, -0.05) is 53.7 Å². The molecule has 0 saturated carbocycles. The number of anilines is 2. The van der Waals surface area contributed by atoms with Crippen LogP contribution in [0.3, 0.4) is 0 Å². The molecule has 6 nitrogen and oxygen atoms in total. The lowest BCUT2D eigenvalue weighted by Crippen LogP contribution is -2.61. The number of alkyl halides is 8. The van der Waals surface area contributed by atoms with Gasteiger partial charge < -0.3 is 20.5 Å². The van der Waals surface area contributed by atoms with Gasteiger partial charge in [-0.15, -0.1) is 0 Å². The van der Waals surface area contributed by atoms with E-state index in [2.05, 4.69) is 26.1 Å². The van der Waals surface area contributed by atoms with Crippen molar-refractivity contribution in [2.45, 2.75) is 89.4 Å². The van der Waals surface area contributed by atoms with Crippen LogP contribution in [0.1, 0.15) is 65.5 Å². The first kappa shape index (κ1) is 35.6. The summed E-state index contributed by atoms with van der Waals surface area (Å²) in [6.07, 6.45) is -3.54. The molecule has 0 unspecified atom stereocenters. The summed E-state index contributed by atoms with van der Waals surface area (Å²) in [6.45, 7) is 11.9. The van der Waals surface area contributed by atoms with Crippen LogP contribution < -0.4 is 15.4 Å². The van der Waals surface area contributed by atoms with Crippen LogP contribution in [0.5, 0.6) is 11.5 Å². The predicted octanol–water partition coefficient (Wildman–Crippen LogP) is 7.89. The highest BCUT2D eigenvalue weighted by Crippen LogP contribution is 2.49. The highest BCUT2D eigenvalue weighted by molar-refractivity contribution is 5.99. The molecule has 43 heavy (non-hydrogen) atoms. The Hall–Kier alpha value is -3.58. The molecule has 3 N–H and O–H groups in total. The van der Waals surface area contributed by atoms with Gasteiger partial charge >= 0.3 is 30.1 Å². The minimum atomic E-state index is -6.76. The topological polar surface area (TPSA) is 87.7 Å². The average molecular weight is 627 g/mol. The van der Waals surface area contributed by atoms with Gasteiger partial charge in [-0.05, 0) is 47.4 Å². The lowest BCUT2D eigenvalue weighted by atomic mass is 9.76.